The van der Waals surface area contributed by atoms with Gasteiger partial charge in [-0.1, -0.05) is 29.3 Å². The summed E-state index contributed by atoms with van der Waals surface area (Å²) in [7, 11) is 0. The second-order valence-corrected chi connectivity index (χ2v) is 10.3. The first-order chi connectivity index (χ1) is 18.1. The molecule has 1 fully saturated rings. The van der Waals surface area contributed by atoms with Crippen molar-refractivity contribution < 1.29 is 0 Å². The van der Waals surface area contributed by atoms with Crippen molar-refractivity contribution >= 4 is 46.3 Å². The Kier molecular flexibility index (Phi) is 6.97. The highest BCUT2D eigenvalue weighted by Gasteiger charge is 2.19. The van der Waals surface area contributed by atoms with Gasteiger partial charge in [0.15, 0.2) is 0 Å². The molecule has 0 radical (unpaired) electrons. The molecule has 1 saturated heterocycles. The van der Waals surface area contributed by atoms with Crippen LogP contribution in [-0.4, -0.2) is 39.4 Å². The first kappa shape index (κ1) is 24.2. The number of hydrogen-bond acceptors (Lipinski definition) is 7. The molecule has 2 aromatic carbocycles. The maximum atomic E-state index is 6.19. The zero-order valence-electron chi connectivity index (χ0n) is 20.3. The second-order valence-electron chi connectivity index (χ2n) is 9.46. The number of benzene rings is 2. The van der Waals surface area contributed by atoms with Crippen LogP contribution in [0.2, 0.25) is 10.0 Å². The number of piperidine rings is 1. The van der Waals surface area contributed by atoms with Crippen molar-refractivity contribution in [2.24, 2.45) is 0 Å². The lowest BCUT2D eigenvalue weighted by Gasteiger charge is -2.22. The summed E-state index contributed by atoms with van der Waals surface area (Å²) in [6, 6.07) is 12.2. The average molecular weight is 535 g/mol. The van der Waals surface area contributed by atoms with Gasteiger partial charge in [0.1, 0.15) is 5.82 Å². The van der Waals surface area contributed by atoms with Crippen molar-refractivity contribution in [3.05, 3.63) is 76.2 Å². The van der Waals surface area contributed by atoms with Crippen LogP contribution in [-0.2, 0) is 13.0 Å². The Labute approximate surface area is 225 Å². The lowest BCUT2D eigenvalue weighted by atomic mass is 10.0. The van der Waals surface area contributed by atoms with Crippen LogP contribution in [0.25, 0.3) is 11.1 Å². The van der Waals surface area contributed by atoms with Gasteiger partial charge in [0.2, 0.25) is 5.95 Å². The predicted molar refractivity (Wildman–Crippen MR) is 149 cm³/mol. The molecule has 0 spiro atoms. The summed E-state index contributed by atoms with van der Waals surface area (Å²) in [5.74, 6) is 1.13. The summed E-state index contributed by atoms with van der Waals surface area (Å²) in [5, 5.41) is 19.4. The highest BCUT2D eigenvalue weighted by molar-refractivity contribution is 6.35. The third-order valence-electron chi connectivity index (χ3n) is 6.86. The van der Waals surface area contributed by atoms with Crippen LogP contribution in [0.1, 0.15) is 30.0 Å². The smallest absolute Gasteiger partial charge is 0.229 e. The lowest BCUT2D eigenvalue weighted by molar-refractivity contribution is 0.343. The molecule has 4 aromatic rings. The Balaban J connectivity index is 1.34. The van der Waals surface area contributed by atoms with Crippen molar-refractivity contribution in [1.29, 1.82) is 0 Å². The number of rotatable bonds is 6. The Hall–Kier alpha value is -3.17. The standard InChI is InChI=1S/C27H28Cl2N8/c28-20-10-21(29)12-23(11-20)35-27-32-15-25(19-14-33-37(16-19)24-4-7-30-8-5-24)26(36-27)34-22-2-1-17-3-6-31-13-18(17)9-22/h1-2,9-12,14-16,24,30-31H,3-8,13H2,(H2,32,34,35,36). The molecule has 6 rings (SSSR count). The second kappa shape index (κ2) is 10.7. The van der Waals surface area contributed by atoms with E-state index in [1.807, 2.05) is 12.4 Å². The Morgan fingerprint density at radius 1 is 0.865 bits per heavy atom. The summed E-state index contributed by atoms with van der Waals surface area (Å²) >= 11 is 12.4. The molecule has 0 unspecified atom stereocenters. The van der Waals surface area contributed by atoms with Crippen molar-refractivity contribution in [2.75, 3.05) is 30.3 Å². The molecule has 0 atom stereocenters. The molecule has 4 N–H and O–H groups in total. The molecule has 0 bridgehead atoms. The highest BCUT2D eigenvalue weighted by Crippen LogP contribution is 2.32. The number of aromatic nitrogens is 4. The SMILES string of the molecule is Clc1cc(Cl)cc(Nc2ncc(-c3cnn(C4CCNCC4)c3)c(Nc3ccc4c(c3)CNCC4)n2)c1. The zero-order chi connectivity index (χ0) is 25.2. The maximum Gasteiger partial charge on any atom is 0.229 e. The highest BCUT2D eigenvalue weighted by atomic mass is 35.5. The van der Waals surface area contributed by atoms with Gasteiger partial charge in [-0.25, -0.2) is 4.98 Å². The third kappa shape index (κ3) is 5.57. The fourth-order valence-corrected chi connectivity index (χ4v) is 5.47. The van der Waals surface area contributed by atoms with E-state index in [0.717, 1.165) is 67.9 Å². The Morgan fingerprint density at radius 3 is 2.54 bits per heavy atom. The van der Waals surface area contributed by atoms with Crippen LogP contribution >= 0.6 is 23.2 Å². The molecule has 4 heterocycles. The van der Waals surface area contributed by atoms with Crippen LogP contribution in [0, 0.1) is 0 Å². The molecule has 0 aliphatic carbocycles. The minimum Gasteiger partial charge on any atom is -0.340 e. The molecule has 2 aromatic heterocycles. The molecular formula is C27H28Cl2N8. The fourth-order valence-electron chi connectivity index (χ4n) is 4.95. The van der Waals surface area contributed by atoms with E-state index < -0.39 is 0 Å². The molecule has 2 aliphatic heterocycles. The molecule has 0 saturated carbocycles. The minimum absolute atomic E-state index is 0.397. The molecule has 8 nitrogen and oxygen atoms in total. The van der Waals surface area contributed by atoms with Crippen LogP contribution in [0.15, 0.2) is 55.0 Å². The molecule has 37 heavy (non-hydrogen) atoms. The van der Waals surface area contributed by atoms with Gasteiger partial charge >= 0.3 is 0 Å². The monoisotopic (exact) mass is 534 g/mol. The number of nitrogens with zero attached hydrogens (tertiary/aromatic N) is 4. The maximum absolute atomic E-state index is 6.19. The molecule has 190 valence electrons. The van der Waals surface area contributed by atoms with Crippen LogP contribution in [0.5, 0.6) is 0 Å². The lowest BCUT2D eigenvalue weighted by Crippen LogP contribution is -2.29. The molecular weight excluding hydrogens is 507 g/mol. The van der Waals surface area contributed by atoms with E-state index >= 15 is 0 Å². The van der Waals surface area contributed by atoms with Gasteiger partial charge in [0, 0.05) is 51.5 Å². The van der Waals surface area contributed by atoms with Crippen LogP contribution in [0.4, 0.5) is 23.1 Å². The van der Waals surface area contributed by atoms with Crippen molar-refractivity contribution in [3.8, 4) is 11.1 Å². The van der Waals surface area contributed by atoms with Gasteiger partial charge in [-0.2, -0.15) is 10.1 Å². The van der Waals surface area contributed by atoms with Gasteiger partial charge < -0.3 is 21.3 Å². The molecule has 0 amide bonds. The van der Waals surface area contributed by atoms with Crippen LogP contribution in [0.3, 0.4) is 0 Å². The fraction of sp³-hybridized carbons (Fsp3) is 0.296. The van der Waals surface area contributed by atoms with Crippen molar-refractivity contribution in [3.63, 3.8) is 0 Å². The molecule has 2 aliphatic rings. The average Bonchev–Trinajstić information content (AvgIpc) is 3.39. The van der Waals surface area contributed by atoms with Crippen molar-refractivity contribution in [1.82, 2.24) is 30.4 Å². The van der Waals surface area contributed by atoms with Gasteiger partial charge in [-0.3, -0.25) is 4.68 Å². The van der Waals surface area contributed by atoms with E-state index in [2.05, 4.69) is 60.4 Å². The van der Waals surface area contributed by atoms with E-state index in [0.29, 0.717) is 27.9 Å². The largest absolute Gasteiger partial charge is 0.340 e. The Bertz CT molecular complexity index is 1390. The minimum atomic E-state index is 0.397. The number of fused-ring (bicyclic) bond motifs is 1. The topological polar surface area (TPSA) is 91.7 Å². The first-order valence-corrected chi connectivity index (χ1v) is 13.3. The summed E-state index contributed by atoms with van der Waals surface area (Å²) < 4.78 is 2.07. The normalized spacial score (nSPS) is 15.8. The third-order valence-corrected chi connectivity index (χ3v) is 7.29. The van der Waals surface area contributed by atoms with E-state index in [1.54, 1.807) is 18.2 Å². The summed E-state index contributed by atoms with van der Waals surface area (Å²) in [6.45, 7) is 3.90. The Morgan fingerprint density at radius 2 is 1.70 bits per heavy atom. The van der Waals surface area contributed by atoms with Gasteiger partial charge in [0.25, 0.3) is 0 Å². The molecule has 10 heteroatoms. The van der Waals surface area contributed by atoms with E-state index in [1.165, 1.54) is 11.1 Å². The van der Waals surface area contributed by atoms with Gasteiger partial charge in [-0.15, -0.1) is 0 Å². The van der Waals surface area contributed by atoms with Crippen LogP contribution < -0.4 is 21.3 Å². The number of anilines is 4. The van der Waals surface area contributed by atoms with E-state index in [9.17, 15) is 0 Å². The summed E-state index contributed by atoms with van der Waals surface area (Å²) in [6.07, 6.45) is 9.00. The van der Waals surface area contributed by atoms with Crippen molar-refractivity contribution in [2.45, 2.75) is 31.8 Å². The first-order valence-electron chi connectivity index (χ1n) is 12.6. The summed E-state index contributed by atoms with van der Waals surface area (Å²) in [4.78, 5) is 9.45. The number of halogens is 2. The van der Waals surface area contributed by atoms with Gasteiger partial charge in [-0.05, 0) is 80.4 Å². The zero-order valence-corrected chi connectivity index (χ0v) is 21.8. The quantitative estimate of drug-likeness (QED) is 0.252. The number of nitrogens with one attached hydrogen (secondary N) is 4. The van der Waals surface area contributed by atoms with E-state index in [4.69, 9.17) is 28.2 Å². The van der Waals surface area contributed by atoms with Gasteiger partial charge in [0.05, 0.1) is 12.2 Å². The van der Waals surface area contributed by atoms with E-state index in [-0.39, 0.29) is 0 Å². The number of hydrogen-bond donors (Lipinski definition) is 4. The summed E-state index contributed by atoms with van der Waals surface area (Å²) in [5.41, 5.74) is 6.23. The predicted octanol–water partition coefficient (Wildman–Crippen LogP) is 5.70.